The predicted molar refractivity (Wildman–Crippen MR) is 94.0 cm³/mol. The van der Waals surface area contributed by atoms with Gasteiger partial charge in [0.15, 0.2) is 0 Å². The van der Waals surface area contributed by atoms with E-state index in [1.807, 2.05) is 18.2 Å². The molecule has 2 rings (SSSR count). The minimum Gasteiger partial charge on any atom is -0.481 e. The van der Waals surface area contributed by atoms with Crippen molar-refractivity contribution in [3.63, 3.8) is 0 Å². The van der Waals surface area contributed by atoms with Crippen molar-refractivity contribution in [2.75, 3.05) is 13.1 Å². The number of carboxylic acids is 1. The van der Waals surface area contributed by atoms with Gasteiger partial charge in [-0.25, -0.2) is 4.79 Å². The molecular formula is C19H28N2O3. The number of amides is 2. The van der Waals surface area contributed by atoms with Gasteiger partial charge in [0.1, 0.15) is 0 Å². The lowest BCUT2D eigenvalue weighted by Crippen LogP contribution is -2.54. The fraction of sp³-hybridized carbons (Fsp3) is 0.579. The van der Waals surface area contributed by atoms with E-state index in [9.17, 15) is 14.7 Å². The minimum absolute atomic E-state index is 0.0161. The number of hydrogen-bond donors (Lipinski definition) is 2. The van der Waals surface area contributed by atoms with Crippen molar-refractivity contribution in [1.82, 2.24) is 10.2 Å². The Bertz CT molecular complexity index is 571. The molecule has 0 bridgehead atoms. The standard InChI is InChI=1S/C19H28N2O3/c1-4-16(19(2,3)15-10-6-5-7-11-15)20-18(24)21-12-8-9-14(13-21)17(22)23/h5-7,10-11,14,16H,4,8-9,12-13H2,1-3H3,(H,20,24)(H,22,23). The van der Waals surface area contributed by atoms with Gasteiger partial charge in [0.2, 0.25) is 0 Å². The van der Waals surface area contributed by atoms with E-state index < -0.39 is 11.9 Å². The average molecular weight is 332 g/mol. The molecule has 2 unspecified atom stereocenters. The van der Waals surface area contributed by atoms with Gasteiger partial charge in [-0.15, -0.1) is 0 Å². The molecule has 2 atom stereocenters. The quantitative estimate of drug-likeness (QED) is 0.869. The number of likely N-dealkylation sites (tertiary alicyclic amines) is 1. The van der Waals surface area contributed by atoms with Gasteiger partial charge in [0, 0.05) is 24.5 Å². The second-order valence-corrected chi connectivity index (χ2v) is 7.12. The highest BCUT2D eigenvalue weighted by Crippen LogP contribution is 2.29. The average Bonchev–Trinajstić information content (AvgIpc) is 2.60. The zero-order valence-electron chi connectivity index (χ0n) is 14.8. The van der Waals surface area contributed by atoms with E-state index in [4.69, 9.17) is 0 Å². The van der Waals surface area contributed by atoms with Crippen molar-refractivity contribution in [3.8, 4) is 0 Å². The number of rotatable bonds is 5. The highest BCUT2D eigenvalue weighted by molar-refractivity contribution is 5.77. The summed E-state index contributed by atoms with van der Waals surface area (Å²) in [6, 6.07) is 9.99. The number of urea groups is 1. The Labute approximate surface area is 144 Å². The van der Waals surface area contributed by atoms with Crippen molar-refractivity contribution >= 4 is 12.0 Å². The summed E-state index contributed by atoms with van der Waals surface area (Å²) in [7, 11) is 0. The van der Waals surface area contributed by atoms with E-state index in [0.717, 1.165) is 12.8 Å². The summed E-state index contributed by atoms with van der Waals surface area (Å²) in [6.45, 7) is 7.24. The van der Waals surface area contributed by atoms with Crippen LogP contribution in [-0.4, -0.2) is 41.1 Å². The van der Waals surface area contributed by atoms with Gasteiger partial charge in [-0.1, -0.05) is 51.1 Å². The van der Waals surface area contributed by atoms with E-state index in [1.54, 1.807) is 4.90 Å². The maximum atomic E-state index is 12.6. The normalized spacial score (nSPS) is 19.6. The van der Waals surface area contributed by atoms with Crippen molar-refractivity contribution in [2.24, 2.45) is 5.92 Å². The molecule has 0 spiro atoms. The molecule has 5 nitrogen and oxygen atoms in total. The lowest BCUT2D eigenvalue weighted by atomic mass is 9.76. The number of benzene rings is 1. The Morgan fingerprint density at radius 1 is 1.33 bits per heavy atom. The van der Waals surface area contributed by atoms with Gasteiger partial charge in [0.05, 0.1) is 5.92 Å². The van der Waals surface area contributed by atoms with Crippen LogP contribution in [0.25, 0.3) is 0 Å². The second kappa shape index (κ2) is 7.69. The van der Waals surface area contributed by atoms with Crippen LogP contribution < -0.4 is 5.32 Å². The fourth-order valence-corrected chi connectivity index (χ4v) is 3.47. The molecule has 1 heterocycles. The summed E-state index contributed by atoms with van der Waals surface area (Å²) in [4.78, 5) is 25.5. The number of carbonyl (C=O) groups is 2. The van der Waals surface area contributed by atoms with Crippen LogP contribution in [0.1, 0.15) is 45.6 Å². The van der Waals surface area contributed by atoms with E-state index in [-0.39, 0.29) is 17.5 Å². The smallest absolute Gasteiger partial charge is 0.317 e. The first-order valence-corrected chi connectivity index (χ1v) is 8.70. The van der Waals surface area contributed by atoms with Gasteiger partial charge in [-0.2, -0.15) is 0 Å². The van der Waals surface area contributed by atoms with Crippen LogP contribution in [0.15, 0.2) is 30.3 Å². The van der Waals surface area contributed by atoms with Crippen LogP contribution in [0.4, 0.5) is 4.79 Å². The van der Waals surface area contributed by atoms with Crippen molar-refractivity contribution in [3.05, 3.63) is 35.9 Å². The summed E-state index contributed by atoms with van der Waals surface area (Å²) < 4.78 is 0. The summed E-state index contributed by atoms with van der Waals surface area (Å²) in [6.07, 6.45) is 2.19. The number of hydrogen-bond acceptors (Lipinski definition) is 2. The predicted octanol–water partition coefficient (Wildman–Crippen LogP) is 3.25. The number of carboxylic acid groups (broad SMARTS) is 1. The highest BCUT2D eigenvalue weighted by atomic mass is 16.4. The van der Waals surface area contributed by atoms with Crippen LogP contribution >= 0.6 is 0 Å². The molecule has 1 fully saturated rings. The molecule has 1 aromatic carbocycles. The van der Waals surface area contributed by atoms with E-state index >= 15 is 0 Å². The third kappa shape index (κ3) is 4.08. The van der Waals surface area contributed by atoms with Gasteiger partial charge < -0.3 is 15.3 Å². The number of aliphatic carboxylic acids is 1. The van der Waals surface area contributed by atoms with Gasteiger partial charge >= 0.3 is 12.0 Å². The number of nitrogens with zero attached hydrogens (tertiary/aromatic N) is 1. The fourth-order valence-electron chi connectivity index (χ4n) is 3.47. The number of piperidine rings is 1. The molecule has 1 saturated heterocycles. The molecule has 0 saturated carbocycles. The van der Waals surface area contributed by atoms with E-state index in [2.05, 4.69) is 38.2 Å². The first kappa shape index (κ1) is 18.3. The summed E-state index contributed by atoms with van der Waals surface area (Å²) in [5.41, 5.74) is 0.979. The molecule has 2 N–H and O–H groups in total. The first-order chi connectivity index (χ1) is 11.4. The largest absolute Gasteiger partial charge is 0.481 e. The molecule has 5 heteroatoms. The molecule has 0 radical (unpaired) electrons. The second-order valence-electron chi connectivity index (χ2n) is 7.12. The molecule has 1 aliphatic heterocycles. The number of carbonyl (C=O) groups excluding carboxylic acids is 1. The Morgan fingerprint density at radius 3 is 2.58 bits per heavy atom. The third-order valence-electron chi connectivity index (χ3n) is 5.15. The molecule has 132 valence electrons. The summed E-state index contributed by atoms with van der Waals surface area (Å²) in [5, 5.41) is 12.3. The summed E-state index contributed by atoms with van der Waals surface area (Å²) >= 11 is 0. The molecule has 1 aliphatic rings. The van der Waals surface area contributed by atoms with Gasteiger partial charge in [-0.05, 0) is 24.8 Å². The maximum Gasteiger partial charge on any atom is 0.317 e. The minimum atomic E-state index is -0.816. The summed E-state index contributed by atoms with van der Waals surface area (Å²) in [5.74, 6) is -1.27. The number of nitrogens with one attached hydrogen (secondary N) is 1. The lowest BCUT2D eigenvalue weighted by Gasteiger charge is -2.38. The van der Waals surface area contributed by atoms with Crippen LogP contribution in [-0.2, 0) is 10.2 Å². The van der Waals surface area contributed by atoms with Crippen LogP contribution in [0.5, 0.6) is 0 Å². The third-order valence-corrected chi connectivity index (χ3v) is 5.15. The van der Waals surface area contributed by atoms with Crippen LogP contribution in [0.3, 0.4) is 0 Å². The zero-order chi connectivity index (χ0) is 17.7. The maximum absolute atomic E-state index is 12.6. The molecule has 1 aromatic rings. The van der Waals surface area contributed by atoms with Crippen LogP contribution in [0.2, 0.25) is 0 Å². The molecule has 24 heavy (non-hydrogen) atoms. The zero-order valence-corrected chi connectivity index (χ0v) is 14.8. The topological polar surface area (TPSA) is 69.6 Å². The highest BCUT2D eigenvalue weighted by Gasteiger charge is 2.34. The Kier molecular flexibility index (Phi) is 5.86. The molecular weight excluding hydrogens is 304 g/mol. The van der Waals surface area contributed by atoms with Crippen molar-refractivity contribution < 1.29 is 14.7 Å². The Hall–Kier alpha value is -2.04. The molecule has 0 aromatic heterocycles. The molecule has 0 aliphatic carbocycles. The van der Waals surface area contributed by atoms with Crippen molar-refractivity contribution in [2.45, 2.75) is 51.5 Å². The van der Waals surface area contributed by atoms with Gasteiger partial charge in [-0.3, -0.25) is 4.79 Å². The Morgan fingerprint density at radius 2 is 2.00 bits per heavy atom. The Balaban J connectivity index is 2.06. The van der Waals surface area contributed by atoms with Crippen LogP contribution in [0, 0.1) is 5.92 Å². The SMILES string of the molecule is CCC(NC(=O)N1CCCC(C(=O)O)C1)C(C)(C)c1ccccc1. The molecule has 2 amide bonds. The monoisotopic (exact) mass is 332 g/mol. The van der Waals surface area contributed by atoms with Gasteiger partial charge in [0.25, 0.3) is 0 Å². The van der Waals surface area contributed by atoms with E-state index in [1.165, 1.54) is 5.56 Å². The lowest BCUT2D eigenvalue weighted by molar-refractivity contribution is -0.143. The van der Waals surface area contributed by atoms with E-state index in [0.29, 0.717) is 19.5 Å². The van der Waals surface area contributed by atoms with Crippen molar-refractivity contribution in [1.29, 1.82) is 0 Å². The first-order valence-electron chi connectivity index (χ1n) is 8.70.